The van der Waals surface area contributed by atoms with Crippen LogP contribution in [0.1, 0.15) is 42.9 Å². The SMILES string of the molecule is Cc1ccc(C(C)C)c(N2C(=O)CS/C2=N\C(=NC(Cc2ccc(-c3ncn(-c4ccc(OC(F)(F)F)cc4)n3)cc2)C(=O)O)SCCC(F)(F)F)c1. The molecule has 1 fully saturated rings. The van der Waals surface area contributed by atoms with Crippen LogP contribution in [0.15, 0.2) is 83.0 Å². The summed E-state index contributed by atoms with van der Waals surface area (Å²) in [5.74, 6) is -2.11. The van der Waals surface area contributed by atoms with E-state index in [0.29, 0.717) is 34.3 Å². The first kappa shape index (κ1) is 39.4. The van der Waals surface area contributed by atoms with Crippen LogP contribution in [-0.2, 0) is 16.0 Å². The van der Waals surface area contributed by atoms with Gasteiger partial charge in [-0.1, -0.05) is 73.8 Å². The molecule has 4 aromatic rings. The number of aromatic nitrogens is 3. The molecule has 1 amide bonds. The molecule has 280 valence electrons. The number of benzene rings is 3. The minimum atomic E-state index is -4.82. The Morgan fingerprint density at radius 2 is 1.74 bits per heavy atom. The van der Waals surface area contributed by atoms with Crippen molar-refractivity contribution in [2.45, 2.75) is 58.1 Å². The number of thioether (sulfide) groups is 2. The highest BCUT2D eigenvalue weighted by atomic mass is 32.2. The largest absolute Gasteiger partial charge is 0.573 e. The van der Waals surface area contributed by atoms with Gasteiger partial charge < -0.3 is 9.84 Å². The molecule has 53 heavy (non-hydrogen) atoms. The van der Waals surface area contributed by atoms with E-state index >= 15 is 0 Å². The minimum Gasteiger partial charge on any atom is -0.480 e. The van der Waals surface area contributed by atoms with Crippen LogP contribution in [0.2, 0.25) is 0 Å². The number of aliphatic carboxylic acids is 1. The number of hydrogen-bond donors (Lipinski definition) is 1. The number of aryl methyl sites for hydroxylation is 1. The van der Waals surface area contributed by atoms with E-state index in [9.17, 15) is 41.0 Å². The van der Waals surface area contributed by atoms with E-state index in [2.05, 4.69) is 24.8 Å². The molecule has 0 spiro atoms. The fraction of sp³-hybridized carbons (Fsp3) is 0.314. The molecule has 1 aliphatic rings. The molecule has 0 radical (unpaired) electrons. The lowest BCUT2D eigenvalue weighted by atomic mass is 9.99. The van der Waals surface area contributed by atoms with Crippen molar-refractivity contribution in [2.24, 2.45) is 9.98 Å². The molecule has 1 aromatic heterocycles. The molecule has 0 aliphatic carbocycles. The number of amides is 1. The number of carbonyl (C=O) groups excluding carboxylic acids is 1. The summed E-state index contributed by atoms with van der Waals surface area (Å²) >= 11 is 1.75. The third-order valence-corrected chi connectivity index (χ3v) is 9.43. The third-order valence-electron chi connectivity index (χ3n) is 7.64. The summed E-state index contributed by atoms with van der Waals surface area (Å²) in [5.41, 5.74) is 3.85. The molecule has 0 saturated carbocycles. The number of carbonyl (C=O) groups is 2. The number of halogens is 6. The quantitative estimate of drug-likeness (QED) is 0.0915. The van der Waals surface area contributed by atoms with Crippen molar-refractivity contribution in [2.75, 3.05) is 16.4 Å². The number of aliphatic imine (C=N–C) groups is 2. The average Bonchev–Trinajstić information content (AvgIpc) is 3.70. The topological polar surface area (TPSA) is 122 Å². The van der Waals surface area contributed by atoms with Gasteiger partial charge in [0.05, 0.1) is 23.5 Å². The molecule has 1 aliphatic heterocycles. The van der Waals surface area contributed by atoms with Gasteiger partial charge in [0.2, 0.25) is 5.91 Å². The third kappa shape index (κ3) is 10.8. The van der Waals surface area contributed by atoms with E-state index in [1.807, 2.05) is 39.0 Å². The van der Waals surface area contributed by atoms with Crippen LogP contribution < -0.4 is 9.64 Å². The van der Waals surface area contributed by atoms with E-state index in [1.54, 1.807) is 24.3 Å². The van der Waals surface area contributed by atoms with Crippen LogP contribution in [0.5, 0.6) is 5.75 Å². The molecule has 1 unspecified atom stereocenters. The standard InChI is InChI=1S/C35H32F6N6O4S2/c1-20(2)26-13-4-21(3)16-28(26)47-29(48)18-53-33(47)44-32(52-15-14-34(36,37)38)43-27(31(49)50)17-22-5-7-23(8-6-22)30-42-19-46(45-30)24-9-11-25(12-10-24)51-35(39,40)41/h4-13,16,19-20,27H,14-15,17-18H2,1-3H3,(H,49,50)/b43-32?,44-33-. The van der Waals surface area contributed by atoms with Gasteiger partial charge in [-0.15, -0.1) is 18.3 Å². The lowest BCUT2D eigenvalue weighted by molar-refractivity contribution is -0.274. The molecule has 1 atom stereocenters. The maximum atomic E-state index is 13.1. The minimum absolute atomic E-state index is 0.0375. The summed E-state index contributed by atoms with van der Waals surface area (Å²) < 4.78 is 82.0. The summed E-state index contributed by atoms with van der Waals surface area (Å²) in [5, 5.41) is 14.5. The second-order valence-corrected chi connectivity index (χ2v) is 14.1. The van der Waals surface area contributed by atoms with Gasteiger partial charge in [0, 0.05) is 17.7 Å². The Morgan fingerprint density at radius 3 is 2.36 bits per heavy atom. The Kier molecular flexibility index (Phi) is 12.2. The van der Waals surface area contributed by atoms with E-state index in [-0.39, 0.29) is 40.2 Å². The fourth-order valence-electron chi connectivity index (χ4n) is 5.11. The van der Waals surface area contributed by atoms with Crippen LogP contribution >= 0.6 is 23.5 Å². The van der Waals surface area contributed by atoms with Crippen LogP contribution in [0.25, 0.3) is 17.1 Å². The summed E-state index contributed by atoms with van der Waals surface area (Å²) in [7, 11) is 0. The second kappa shape index (κ2) is 16.4. The summed E-state index contributed by atoms with van der Waals surface area (Å²) in [6.07, 6.45) is -9.21. The lowest BCUT2D eigenvalue weighted by Crippen LogP contribution is -2.31. The summed E-state index contributed by atoms with van der Waals surface area (Å²) in [6, 6.07) is 15.8. The molecular formula is C35H32F6N6O4S2. The van der Waals surface area contributed by atoms with Gasteiger partial charge in [-0.05, 0) is 59.9 Å². The van der Waals surface area contributed by atoms with Crippen molar-refractivity contribution in [3.63, 3.8) is 0 Å². The number of amidine groups is 2. The van der Waals surface area contributed by atoms with Crippen molar-refractivity contribution in [1.82, 2.24) is 14.8 Å². The molecular weight excluding hydrogens is 747 g/mol. The Balaban J connectivity index is 1.38. The fourth-order valence-corrected chi connectivity index (χ4v) is 6.90. The van der Waals surface area contributed by atoms with Gasteiger partial charge in [-0.3, -0.25) is 9.69 Å². The number of hydrogen-bond acceptors (Lipinski definition) is 8. The zero-order valence-corrected chi connectivity index (χ0v) is 30.0. The van der Waals surface area contributed by atoms with E-state index < -0.39 is 42.5 Å². The zero-order valence-electron chi connectivity index (χ0n) is 28.4. The Bertz CT molecular complexity index is 2000. The molecule has 10 nitrogen and oxygen atoms in total. The Hall–Kier alpha value is -4.84. The van der Waals surface area contributed by atoms with Gasteiger partial charge in [0.1, 0.15) is 12.1 Å². The smallest absolute Gasteiger partial charge is 0.480 e. The highest BCUT2D eigenvalue weighted by Gasteiger charge is 2.34. The van der Waals surface area contributed by atoms with E-state index in [1.165, 1.54) is 28.0 Å². The van der Waals surface area contributed by atoms with Gasteiger partial charge >= 0.3 is 18.5 Å². The Morgan fingerprint density at radius 1 is 1.04 bits per heavy atom. The van der Waals surface area contributed by atoms with Crippen LogP contribution in [-0.4, -0.2) is 72.2 Å². The maximum absolute atomic E-state index is 13.1. The predicted molar refractivity (Wildman–Crippen MR) is 192 cm³/mol. The second-order valence-electron chi connectivity index (χ2n) is 12.1. The van der Waals surface area contributed by atoms with Crippen molar-refractivity contribution in [1.29, 1.82) is 0 Å². The number of ether oxygens (including phenoxy) is 1. The van der Waals surface area contributed by atoms with Crippen molar-refractivity contribution < 1.29 is 45.8 Å². The van der Waals surface area contributed by atoms with Gasteiger partial charge in [0.25, 0.3) is 0 Å². The normalized spacial score (nSPS) is 15.4. The molecule has 18 heteroatoms. The average molecular weight is 779 g/mol. The first-order chi connectivity index (χ1) is 25.0. The number of carboxylic acid groups (broad SMARTS) is 1. The van der Waals surface area contributed by atoms with Crippen molar-refractivity contribution in [3.05, 3.63) is 89.7 Å². The van der Waals surface area contributed by atoms with Crippen molar-refractivity contribution >= 4 is 51.4 Å². The first-order valence-corrected chi connectivity index (χ1v) is 17.9. The highest BCUT2D eigenvalue weighted by molar-refractivity contribution is 8.16. The molecule has 2 heterocycles. The van der Waals surface area contributed by atoms with Crippen LogP contribution in [0.3, 0.4) is 0 Å². The van der Waals surface area contributed by atoms with Gasteiger partial charge in [0.15, 0.2) is 22.2 Å². The van der Waals surface area contributed by atoms with Gasteiger partial charge in [-0.25, -0.2) is 19.5 Å². The number of rotatable bonds is 11. The molecule has 0 bridgehead atoms. The summed E-state index contributed by atoms with van der Waals surface area (Å²) in [4.78, 5) is 40.0. The lowest BCUT2D eigenvalue weighted by Gasteiger charge is -2.22. The molecule has 1 N–H and O–H groups in total. The van der Waals surface area contributed by atoms with Crippen LogP contribution in [0.4, 0.5) is 32.0 Å². The van der Waals surface area contributed by atoms with Crippen LogP contribution in [0, 0.1) is 6.92 Å². The Labute approximate surface area is 308 Å². The van der Waals surface area contributed by atoms with Gasteiger partial charge in [-0.2, -0.15) is 18.2 Å². The maximum Gasteiger partial charge on any atom is 0.573 e. The monoisotopic (exact) mass is 778 g/mol. The molecule has 1 saturated heterocycles. The molecule has 3 aromatic carbocycles. The zero-order chi connectivity index (χ0) is 38.5. The number of carboxylic acids is 1. The number of alkyl halides is 6. The van der Waals surface area contributed by atoms with E-state index in [0.717, 1.165) is 35.0 Å². The number of nitrogens with zero attached hydrogens (tertiary/aromatic N) is 6. The highest BCUT2D eigenvalue weighted by Crippen LogP contribution is 2.35. The first-order valence-electron chi connectivity index (χ1n) is 16.0. The van der Waals surface area contributed by atoms with Crippen molar-refractivity contribution in [3.8, 4) is 22.8 Å². The molecule has 5 rings (SSSR count). The number of anilines is 1. The van der Waals surface area contributed by atoms with E-state index in [4.69, 9.17) is 0 Å². The summed E-state index contributed by atoms with van der Waals surface area (Å²) in [6.45, 7) is 5.80. The predicted octanol–water partition coefficient (Wildman–Crippen LogP) is 8.44.